The molecule has 0 unspecified atom stereocenters. The van der Waals surface area contributed by atoms with Crippen molar-refractivity contribution in [2.45, 2.75) is 83.8 Å². The van der Waals surface area contributed by atoms with E-state index < -0.39 is 108 Å². The molecule has 0 spiro atoms. The summed E-state index contributed by atoms with van der Waals surface area (Å²) in [5.74, 6) is -8.76. The van der Waals surface area contributed by atoms with Gasteiger partial charge in [0.15, 0.2) is 0 Å². The fourth-order valence-corrected chi connectivity index (χ4v) is 4.96. The van der Waals surface area contributed by atoms with Crippen LogP contribution in [0.3, 0.4) is 0 Å². The summed E-state index contributed by atoms with van der Waals surface area (Å²) in [5.41, 5.74) is 11.5. The monoisotopic (exact) mass is 751 g/mol. The summed E-state index contributed by atoms with van der Waals surface area (Å²) in [6.45, 7) is 7.64. The summed E-state index contributed by atoms with van der Waals surface area (Å²) >= 11 is 0. The number of hydrogen-bond donors (Lipinski definition) is 8. The Morgan fingerprint density at radius 3 is 1.74 bits per heavy atom. The molecule has 54 heavy (non-hydrogen) atoms. The van der Waals surface area contributed by atoms with Crippen molar-refractivity contribution >= 4 is 53.4 Å². The zero-order chi connectivity index (χ0) is 40.5. The molecule has 1 aromatic carbocycles. The largest absolute Gasteiger partial charge is 0.508 e. The zero-order valence-corrected chi connectivity index (χ0v) is 30.7. The Morgan fingerprint density at radius 1 is 0.722 bits per heavy atom. The summed E-state index contributed by atoms with van der Waals surface area (Å²) in [4.78, 5) is 104. The number of nitrogens with one attached hydrogen (secondary N) is 5. The molecule has 0 radical (unpaired) electrons. The lowest BCUT2D eigenvalue weighted by Crippen LogP contribution is -2.62. The van der Waals surface area contributed by atoms with Crippen LogP contribution >= 0.6 is 0 Å². The first-order chi connectivity index (χ1) is 25.4. The van der Waals surface area contributed by atoms with Crippen LogP contribution in [0.25, 0.3) is 6.08 Å². The minimum atomic E-state index is -1.65. The number of cyclic esters (lactones) is 1. The van der Waals surface area contributed by atoms with Crippen molar-refractivity contribution in [1.29, 1.82) is 0 Å². The Hall–Kier alpha value is -6.26. The van der Waals surface area contributed by atoms with Gasteiger partial charge in [0.1, 0.15) is 42.1 Å². The maximum atomic E-state index is 13.7. The molecule has 6 atom stereocenters. The summed E-state index contributed by atoms with van der Waals surface area (Å²) < 4.78 is 5.57. The number of aromatic hydroxyl groups is 1. The molecule has 0 bridgehead atoms. The normalized spacial score (nSPS) is 23.7. The number of phenolic OH excluding ortho intramolecular Hbond substituents is 1. The maximum Gasteiger partial charge on any atom is 0.329 e. The second kappa shape index (κ2) is 21.3. The van der Waals surface area contributed by atoms with Crippen LogP contribution in [0.5, 0.6) is 5.75 Å². The van der Waals surface area contributed by atoms with E-state index in [-0.39, 0.29) is 5.75 Å². The number of carbonyl (C=O) groups is 8. The SMILES string of the molecule is CC(C)[C@@H]1NC(=O)[C@@H](NC(=O)/C=C/C=C/C=C/C=C/c2ccc(O)cc2)[C@@H](C)OC(=O)[C@H](C(C)C)NC(=O)[C@H](CC(N)=O)NC(=O)[C@H](CC(N)=O)NC1=O. The second-order valence-corrected chi connectivity index (χ2v) is 13.1. The van der Waals surface area contributed by atoms with Gasteiger partial charge < -0.3 is 47.9 Å². The Balaban J connectivity index is 2.41. The molecule has 1 aliphatic heterocycles. The molecular weight excluding hydrogens is 702 g/mol. The fraction of sp³-hybridized carbons (Fsp3) is 0.405. The number of allylic oxidation sites excluding steroid dienone is 6. The summed E-state index contributed by atoms with van der Waals surface area (Å²) in [7, 11) is 0. The molecule has 1 saturated heterocycles. The lowest BCUT2D eigenvalue weighted by Gasteiger charge is -2.31. The Kier molecular flexibility index (Phi) is 17.3. The van der Waals surface area contributed by atoms with Crippen molar-refractivity contribution in [3.63, 3.8) is 0 Å². The van der Waals surface area contributed by atoms with Crippen LogP contribution in [-0.4, -0.2) is 88.7 Å². The van der Waals surface area contributed by atoms with E-state index in [2.05, 4.69) is 26.6 Å². The highest BCUT2D eigenvalue weighted by atomic mass is 16.5. The molecule has 1 fully saturated rings. The van der Waals surface area contributed by atoms with Gasteiger partial charge in [0, 0.05) is 6.08 Å². The first-order valence-electron chi connectivity index (χ1n) is 17.2. The molecule has 17 nitrogen and oxygen atoms in total. The van der Waals surface area contributed by atoms with Gasteiger partial charge in [0.05, 0.1) is 12.8 Å². The van der Waals surface area contributed by atoms with E-state index in [1.807, 2.05) is 6.08 Å². The van der Waals surface area contributed by atoms with Gasteiger partial charge in [-0.2, -0.15) is 0 Å². The van der Waals surface area contributed by atoms with E-state index in [0.29, 0.717) is 0 Å². The number of nitrogens with two attached hydrogens (primary N) is 2. The predicted octanol–water partition coefficient (Wildman–Crippen LogP) is -0.494. The Morgan fingerprint density at radius 2 is 1.20 bits per heavy atom. The van der Waals surface area contributed by atoms with Crippen molar-refractivity contribution in [1.82, 2.24) is 26.6 Å². The summed E-state index contributed by atoms with van der Waals surface area (Å²) in [5, 5.41) is 21.4. The molecule has 10 N–H and O–H groups in total. The third-order valence-electron chi connectivity index (χ3n) is 7.88. The van der Waals surface area contributed by atoms with Crippen molar-refractivity contribution in [2.24, 2.45) is 23.3 Å². The average molecular weight is 752 g/mol. The van der Waals surface area contributed by atoms with Crippen LogP contribution in [0.15, 0.2) is 66.8 Å². The molecular formula is C37H49N7O10. The van der Waals surface area contributed by atoms with Crippen molar-refractivity contribution < 1.29 is 48.2 Å². The number of esters is 1. The number of ether oxygens (including phenoxy) is 1. The number of amides is 7. The van der Waals surface area contributed by atoms with Gasteiger partial charge in [-0.25, -0.2) is 4.79 Å². The standard InChI is InChI=1S/C37H49N7O10/c1-20(2)30-35(51)41-25(18-27(38)46)33(49)40-26(19-28(39)47)34(50)44-31(21(3)4)37(53)54-22(5)32(36(52)43-30)42-29(48)13-11-9-7-6-8-10-12-23-14-16-24(45)17-15-23/h6-17,20-22,25-26,30-32,45H,18-19H2,1-5H3,(H2,38,46)(H2,39,47)(H,40,49)(H,41,51)(H,42,48)(H,43,52)(H,44,50)/b8-6+,9-7+,12-10+,13-11+/t22-,25+,26+,30+,31+,32+/m1/s1. The highest BCUT2D eigenvalue weighted by molar-refractivity contribution is 5.99. The Bertz CT molecular complexity index is 1670. The van der Waals surface area contributed by atoms with Gasteiger partial charge >= 0.3 is 5.97 Å². The number of hydrogen-bond acceptors (Lipinski definition) is 10. The Labute approximate surface area is 313 Å². The number of benzene rings is 1. The lowest BCUT2D eigenvalue weighted by atomic mass is 10.0. The first-order valence-corrected chi connectivity index (χ1v) is 17.2. The smallest absolute Gasteiger partial charge is 0.329 e. The van der Waals surface area contributed by atoms with Gasteiger partial charge in [-0.1, -0.05) is 82.4 Å². The van der Waals surface area contributed by atoms with Gasteiger partial charge in [-0.3, -0.25) is 33.6 Å². The van der Waals surface area contributed by atoms with E-state index in [1.165, 1.54) is 13.0 Å². The van der Waals surface area contributed by atoms with E-state index >= 15 is 0 Å². The third kappa shape index (κ3) is 14.8. The third-order valence-corrected chi connectivity index (χ3v) is 7.88. The highest BCUT2D eigenvalue weighted by Gasteiger charge is 2.38. The first kappa shape index (κ1) is 43.9. The van der Waals surface area contributed by atoms with Crippen molar-refractivity contribution in [2.75, 3.05) is 0 Å². The summed E-state index contributed by atoms with van der Waals surface area (Å²) in [6, 6.07) is -0.941. The number of carbonyl (C=O) groups excluding carboxylic acids is 8. The lowest BCUT2D eigenvalue weighted by molar-refractivity contribution is -0.157. The average Bonchev–Trinajstić information content (AvgIpc) is 3.08. The zero-order valence-electron chi connectivity index (χ0n) is 30.7. The maximum absolute atomic E-state index is 13.7. The molecule has 1 aliphatic rings. The molecule has 2 rings (SSSR count). The van der Waals surface area contributed by atoms with Gasteiger partial charge in [-0.05, 0) is 36.5 Å². The van der Waals surface area contributed by atoms with Gasteiger partial charge in [-0.15, -0.1) is 0 Å². The number of phenols is 1. The van der Waals surface area contributed by atoms with E-state index in [9.17, 15) is 43.5 Å². The van der Waals surface area contributed by atoms with Crippen LogP contribution in [0.4, 0.5) is 0 Å². The molecule has 292 valence electrons. The summed E-state index contributed by atoms with van der Waals surface area (Å²) in [6.07, 6.45) is 9.95. The van der Waals surface area contributed by atoms with E-state index in [0.717, 1.165) is 11.6 Å². The second-order valence-electron chi connectivity index (χ2n) is 13.1. The molecule has 17 heteroatoms. The van der Waals surface area contributed by atoms with Crippen LogP contribution in [-0.2, 0) is 43.1 Å². The molecule has 1 heterocycles. The van der Waals surface area contributed by atoms with Crippen molar-refractivity contribution in [3.8, 4) is 5.75 Å². The van der Waals surface area contributed by atoms with Crippen LogP contribution in [0.2, 0.25) is 0 Å². The number of rotatable bonds is 12. The topological polar surface area (TPSA) is 278 Å². The minimum absolute atomic E-state index is 0.160. The molecule has 0 aliphatic carbocycles. The van der Waals surface area contributed by atoms with Gasteiger partial charge in [0.2, 0.25) is 41.4 Å². The van der Waals surface area contributed by atoms with E-state index in [1.54, 1.807) is 82.3 Å². The quantitative estimate of drug-likeness (QED) is 0.0771. The van der Waals surface area contributed by atoms with Crippen LogP contribution in [0, 0.1) is 11.8 Å². The molecule has 0 aromatic heterocycles. The highest BCUT2D eigenvalue weighted by Crippen LogP contribution is 2.13. The predicted molar refractivity (Wildman–Crippen MR) is 197 cm³/mol. The van der Waals surface area contributed by atoms with Crippen LogP contribution in [0.1, 0.15) is 53.0 Å². The van der Waals surface area contributed by atoms with Crippen LogP contribution < -0.4 is 38.1 Å². The molecule has 0 saturated carbocycles. The van der Waals surface area contributed by atoms with E-state index in [4.69, 9.17) is 16.2 Å². The fourth-order valence-electron chi connectivity index (χ4n) is 4.96. The molecule has 1 aromatic rings. The van der Waals surface area contributed by atoms with Gasteiger partial charge in [0.25, 0.3) is 0 Å². The van der Waals surface area contributed by atoms with Crippen molar-refractivity contribution in [3.05, 3.63) is 72.4 Å². The molecule has 7 amide bonds. The minimum Gasteiger partial charge on any atom is -0.508 e. The number of primary amides is 2.